The third kappa shape index (κ3) is 35.1. The van der Waals surface area contributed by atoms with Crippen molar-refractivity contribution in [3.63, 3.8) is 0 Å². The molecule has 0 heterocycles. The molecular formula is C16H33KO5S. The van der Waals surface area contributed by atoms with Crippen LogP contribution in [0.2, 0.25) is 0 Å². The fraction of sp³-hybridized carbons (Fsp3) is 0.875. The van der Waals surface area contributed by atoms with Gasteiger partial charge in [0.1, 0.15) is 0 Å². The fourth-order valence-electron chi connectivity index (χ4n) is 2.00. The van der Waals surface area contributed by atoms with Crippen LogP contribution in [0.5, 0.6) is 0 Å². The summed E-state index contributed by atoms with van der Waals surface area (Å²) < 4.78 is 27.0. The van der Waals surface area contributed by atoms with Gasteiger partial charge in [-0.1, -0.05) is 77.6 Å². The van der Waals surface area contributed by atoms with Gasteiger partial charge in [-0.15, -0.1) is 0 Å². The molecule has 0 aliphatic carbocycles. The zero-order valence-electron chi connectivity index (χ0n) is 14.9. The SMILES string of the molecule is O=C(O)CS(=O)(=O)O.[CH2-]CCCCCCCCCCCCC.[K+]. The van der Waals surface area contributed by atoms with Gasteiger partial charge in [-0.2, -0.15) is 14.8 Å². The maximum Gasteiger partial charge on any atom is 1.00 e. The largest absolute Gasteiger partial charge is 1.00 e. The van der Waals surface area contributed by atoms with Crippen LogP contribution in [0.15, 0.2) is 0 Å². The summed E-state index contributed by atoms with van der Waals surface area (Å²) in [6.45, 7) is 6.14. The van der Waals surface area contributed by atoms with Crippen LogP contribution in [0, 0.1) is 6.92 Å². The minimum atomic E-state index is -4.32. The van der Waals surface area contributed by atoms with Crippen LogP contribution in [0.1, 0.15) is 84.0 Å². The van der Waals surface area contributed by atoms with Crippen molar-refractivity contribution in [2.75, 3.05) is 5.75 Å². The van der Waals surface area contributed by atoms with E-state index in [4.69, 9.17) is 9.66 Å². The van der Waals surface area contributed by atoms with Gasteiger partial charge in [0.25, 0.3) is 10.1 Å². The molecule has 2 N–H and O–H groups in total. The van der Waals surface area contributed by atoms with Gasteiger partial charge in [-0.3, -0.25) is 9.35 Å². The van der Waals surface area contributed by atoms with E-state index in [9.17, 15) is 13.2 Å². The van der Waals surface area contributed by atoms with Crippen molar-refractivity contribution < 1.29 is 74.3 Å². The molecule has 0 aromatic rings. The van der Waals surface area contributed by atoms with E-state index in [1.165, 1.54) is 70.6 Å². The first-order valence-electron chi connectivity index (χ1n) is 8.29. The number of unbranched alkanes of at least 4 members (excludes halogenated alkanes) is 11. The van der Waals surface area contributed by atoms with Gasteiger partial charge >= 0.3 is 57.4 Å². The Bertz CT molecular complexity index is 332. The molecule has 0 aromatic carbocycles. The van der Waals surface area contributed by atoms with Crippen molar-refractivity contribution >= 4 is 16.1 Å². The Labute approximate surface area is 185 Å². The van der Waals surface area contributed by atoms with Gasteiger partial charge in [0.05, 0.1) is 0 Å². The molecule has 0 atom stereocenters. The first-order valence-corrected chi connectivity index (χ1v) is 9.90. The zero-order valence-corrected chi connectivity index (χ0v) is 18.9. The van der Waals surface area contributed by atoms with E-state index < -0.39 is 21.8 Å². The summed E-state index contributed by atoms with van der Waals surface area (Å²) in [5, 5.41) is 7.71. The molecule has 0 amide bonds. The number of hydrogen-bond acceptors (Lipinski definition) is 3. The zero-order chi connectivity index (χ0) is 17.3. The number of aliphatic carboxylic acids is 1. The van der Waals surface area contributed by atoms with Crippen molar-refractivity contribution in [1.82, 2.24) is 0 Å². The first kappa shape index (κ1) is 28.8. The van der Waals surface area contributed by atoms with Crippen molar-refractivity contribution in [3.8, 4) is 0 Å². The van der Waals surface area contributed by atoms with E-state index in [0.29, 0.717) is 0 Å². The Morgan fingerprint density at radius 2 is 1.22 bits per heavy atom. The fourth-order valence-corrected chi connectivity index (χ4v) is 2.31. The molecular weight excluding hydrogens is 343 g/mol. The Balaban J connectivity index is -0.000000382. The summed E-state index contributed by atoms with van der Waals surface area (Å²) in [5.41, 5.74) is 0. The molecule has 0 bridgehead atoms. The summed E-state index contributed by atoms with van der Waals surface area (Å²) in [5.74, 6) is -2.79. The second kappa shape index (κ2) is 21.1. The van der Waals surface area contributed by atoms with Crippen molar-refractivity contribution in [2.45, 2.75) is 84.0 Å². The summed E-state index contributed by atoms with van der Waals surface area (Å²) >= 11 is 0. The number of hydrogen-bond donors (Lipinski definition) is 2. The molecule has 0 fully saturated rings. The molecule has 0 saturated carbocycles. The Morgan fingerprint density at radius 1 is 0.870 bits per heavy atom. The number of carbonyl (C=O) groups is 1. The van der Waals surface area contributed by atoms with E-state index in [1.54, 1.807) is 0 Å². The van der Waals surface area contributed by atoms with E-state index in [-0.39, 0.29) is 51.4 Å². The van der Waals surface area contributed by atoms with Gasteiger partial charge < -0.3 is 12.0 Å². The molecule has 5 nitrogen and oxygen atoms in total. The topological polar surface area (TPSA) is 91.7 Å². The quantitative estimate of drug-likeness (QED) is 0.220. The maximum absolute atomic E-state index is 9.62. The number of carboxylic acid groups (broad SMARTS) is 1. The van der Waals surface area contributed by atoms with Crippen LogP contribution in [-0.4, -0.2) is 29.8 Å². The Kier molecular flexibility index (Phi) is 26.4. The van der Waals surface area contributed by atoms with Crippen LogP contribution in [-0.2, 0) is 14.9 Å². The summed E-state index contributed by atoms with van der Waals surface area (Å²) in [4.78, 5) is 9.48. The summed E-state index contributed by atoms with van der Waals surface area (Å²) in [6.07, 6.45) is 16.9. The molecule has 0 radical (unpaired) electrons. The molecule has 0 aliphatic heterocycles. The molecule has 0 rings (SSSR count). The van der Waals surface area contributed by atoms with Gasteiger partial charge in [-0.25, -0.2) is 0 Å². The van der Waals surface area contributed by atoms with Gasteiger partial charge in [0.2, 0.25) is 0 Å². The van der Waals surface area contributed by atoms with E-state index >= 15 is 0 Å². The molecule has 7 heteroatoms. The predicted octanol–water partition coefficient (Wildman–Crippen LogP) is 1.48. The Hall–Kier alpha value is 1.02. The van der Waals surface area contributed by atoms with Crippen molar-refractivity contribution in [3.05, 3.63) is 6.92 Å². The second-order valence-corrected chi connectivity index (χ2v) is 6.96. The minimum Gasteiger partial charge on any atom is -0.480 e. The third-order valence-corrected chi connectivity index (χ3v) is 3.77. The van der Waals surface area contributed by atoms with Crippen molar-refractivity contribution in [2.24, 2.45) is 0 Å². The summed E-state index contributed by atoms with van der Waals surface area (Å²) in [6, 6.07) is 0. The molecule has 134 valence electrons. The molecule has 0 aliphatic rings. The van der Waals surface area contributed by atoms with E-state index in [1.807, 2.05) is 0 Å². The van der Waals surface area contributed by atoms with Crippen LogP contribution in [0.4, 0.5) is 0 Å². The van der Waals surface area contributed by atoms with Gasteiger partial charge in [0.15, 0.2) is 5.75 Å². The summed E-state index contributed by atoms with van der Waals surface area (Å²) in [7, 11) is -4.32. The van der Waals surface area contributed by atoms with Crippen LogP contribution >= 0.6 is 0 Å². The number of rotatable bonds is 13. The van der Waals surface area contributed by atoms with Gasteiger partial charge in [0, 0.05) is 0 Å². The van der Waals surface area contributed by atoms with E-state index in [0.717, 1.165) is 6.42 Å². The van der Waals surface area contributed by atoms with Crippen LogP contribution < -0.4 is 51.4 Å². The monoisotopic (exact) mass is 376 g/mol. The first-order chi connectivity index (χ1) is 10.3. The second-order valence-electron chi connectivity index (χ2n) is 5.51. The predicted molar refractivity (Wildman–Crippen MR) is 90.5 cm³/mol. The van der Waals surface area contributed by atoms with E-state index in [2.05, 4.69) is 13.8 Å². The molecule has 0 saturated heterocycles. The molecule has 0 spiro atoms. The molecule has 0 unspecified atom stereocenters. The van der Waals surface area contributed by atoms with Crippen molar-refractivity contribution in [1.29, 1.82) is 0 Å². The van der Waals surface area contributed by atoms with Crippen LogP contribution in [0.3, 0.4) is 0 Å². The Morgan fingerprint density at radius 3 is 1.43 bits per heavy atom. The average molecular weight is 377 g/mol. The number of carboxylic acids is 1. The molecule has 23 heavy (non-hydrogen) atoms. The third-order valence-electron chi connectivity index (χ3n) is 3.16. The normalized spacial score (nSPS) is 10.4. The van der Waals surface area contributed by atoms with Gasteiger partial charge in [-0.05, 0) is 0 Å². The smallest absolute Gasteiger partial charge is 0.480 e. The molecule has 0 aromatic heterocycles. The minimum absolute atomic E-state index is 0. The van der Waals surface area contributed by atoms with Crippen LogP contribution in [0.25, 0.3) is 0 Å². The average Bonchev–Trinajstić information content (AvgIpc) is 2.39. The maximum atomic E-state index is 9.62. The standard InChI is InChI=1S/C14H29.C2H4O5S.K/c1-3-5-7-9-11-13-14-12-10-8-6-4-2;3-2(4)1-8(5,6)7;/h1,3-14H2,2H3;1H2,(H,3,4)(H,5,6,7);/q-1;;+1.